The van der Waals surface area contributed by atoms with Crippen LogP contribution in [0.3, 0.4) is 0 Å². The van der Waals surface area contributed by atoms with Gasteiger partial charge in [-0.1, -0.05) is 11.6 Å². The van der Waals surface area contributed by atoms with Crippen LogP contribution in [0.25, 0.3) is 10.9 Å². The zero-order valence-corrected chi connectivity index (χ0v) is 21.0. The summed E-state index contributed by atoms with van der Waals surface area (Å²) in [5.41, 5.74) is 5.01. The Morgan fingerprint density at radius 3 is 2.67 bits per heavy atom. The normalized spacial score (nSPS) is 16.0. The van der Waals surface area contributed by atoms with E-state index in [2.05, 4.69) is 43.8 Å². The van der Waals surface area contributed by atoms with Gasteiger partial charge in [0.2, 0.25) is 11.9 Å². The lowest BCUT2D eigenvalue weighted by molar-refractivity contribution is -0.117. The van der Waals surface area contributed by atoms with Crippen molar-refractivity contribution in [3.8, 4) is 0 Å². The Hall–Kier alpha value is -3.85. The molecule has 1 amide bonds. The fourth-order valence-electron chi connectivity index (χ4n) is 4.98. The van der Waals surface area contributed by atoms with E-state index in [-0.39, 0.29) is 5.91 Å². The maximum absolute atomic E-state index is 12.0. The second-order valence-electron chi connectivity index (χ2n) is 9.41. The molecule has 0 radical (unpaired) electrons. The number of hydrogen-bond donors (Lipinski definition) is 2. The van der Waals surface area contributed by atoms with E-state index in [0.29, 0.717) is 29.3 Å². The van der Waals surface area contributed by atoms with E-state index in [1.54, 1.807) is 18.1 Å². The summed E-state index contributed by atoms with van der Waals surface area (Å²) in [4.78, 5) is 25.1. The highest BCUT2D eigenvalue weighted by molar-refractivity contribution is 6.32. The van der Waals surface area contributed by atoms with E-state index >= 15 is 0 Å². The predicted molar refractivity (Wildman–Crippen MR) is 143 cm³/mol. The lowest BCUT2D eigenvalue weighted by atomic mass is 10.0. The van der Waals surface area contributed by atoms with Gasteiger partial charge in [0.05, 0.1) is 24.3 Å². The molecule has 184 valence electrons. The second kappa shape index (κ2) is 8.98. The summed E-state index contributed by atoms with van der Waals surface area (Å²) < 4.78 is 1.90. The Kier molecular flexibility index (Phi) is 5.64. The number of aromatic nitrogens is 4. The van der Waals surface area contributed by atoms with Gasteiger partial charge in [-0.2, -0.15) is 10.1 Å². The van der Waals surface area contributed by atoms with Gasteiger partial charge >= 0.3 is 0 Å². The highest BCUT2D eigenvalue weighted by Crippen LogP contribution is 2.32. The standard InChI is InChI=1S/C26H27ClN8O/c1-33-22-6-5-19(11-17(22)12-24(33)36)31-25-21(27)15-28-26(32-25)35-9-7-18(8-10-35)30-20-4-3-16-14-29-34(2)23(16)13-20/h3-6,11,13-15,18,30H,7-10,12H2,1-2H3,(H,28,31,32). The van der Waals surface area contributed by atoms with Gasteiger partial charge in [-0.3, -0.25) is 9.48 Å². The van der Waals surface area contributed by atoms with E-state index in [0.717, 1.165) is 59.5 Å². The Balaban J connectivity index is 1.12. The summed E-state index contributed by atoms with van der Waals surface area (Å²) >= 11 is 6.42. The van der Waals surface area contributed by atoms with Crippen LogP contribution in [0.5, 0.6) is 0 Å². The number of fused-ring (bicyclic) bond motifs is 2. The first-order valence-corrected chi connectivity index (χ1v) is 12.4. The minimum Gasteiger partial charge on any atom is -0.382 e. The van der Waals surface area contributed by atoms with Crippen molar-refractivity contribution in [3.05, 3.63) is 59.4 Å². The van der Waals surface area contributed by atoms with Gasteiger partial charge in [0.25, 0.3) is 0 Å². The first kappa shape index (κ1) is 22.6. The Morgan fingerprint density at radius 1 is 1.03 bits per heavy atom. The molecule has 2 aromatic heterocycles. The zero-order chi connectivity index (χ0) is 24.8. The molecule has 1 saturated heterocycles. The van der Waals surface area contributed by atoms with Crippen LogP contribution in [0.1, 0.15) is 18.4 Å². The summed E-state index contributed by atoms with van der Waals surface area (Å²) in [7, 11) is 3.76. The Morgan fingerprint density at radius 2 is 1.83 bits per heavy atom. The van der Waals surface area contributed by atoms with Crippen molar-refractivity contribution in [3.63, 3.8) is 0 Å². The van der Waals surface area contributed by atoms with Gasteiger partial charge < -0.3 is 20.4 Å². The van der Waals surface area contributed by atoms with Crippen molar-refractivity contribution in [2.75, 3.05) is 40.6 Å². The topological polar surface area (TPSA) is 91.2 Å². The van der Waals surface area contributed by atoms with E-state index in [1.165, 1.54) is 0 Å². The van der Waals surface area contributed by atoms with Gasteiger partial charge in [0, 0.05) is 55.7 Å². The number of carbonyl (C=O) groups is 1. The van der Waals surface area contributed by atoms with E-state index in [1.807, 2.05) is 36.1 Å². The molecular weight excluding hydrogens is 476 g/mol. The Bertz CT molecular complexity index is 1460. The molecule has 0 spiro atoms. The van der Waals surface area contributed by atoms with Crippen LogP contribution in [0.4, 0.5) is 28.8 Å². The van der Waals surface area contributed by atoms with Gasteiger partial charge in [0.15, 0.2) is 5.82 Å². The van der Waals surface area contributed by atoms with Crippen molar-refractivity contribution in [1.82, 2.24) is 19.7 Å². The van der Waals surface area contributed by atoms with Crippen LogP contribution >= 0.6 is 11.6 Å². The van der Waals surface area contributed by atoms with Crippen molar-refractivity contribution in [1.29, 1.82) is 0 Å². The fraction of sp³-hybridized carbons (Fsp3) is 0.308. The molecule has 0 saturated carbocycles. The quantitative estimate of drug-likeness (QED) is 0.419. The van der Waals surface area contributed by atoms with Gasteiger partial charge in [-0.25, -0.2) is 4.98 Å². The number of amides is 1. The van der Waals surface area contributed by atoms with Crippen LogP contribution in [-0.2, 0) is 18.3 Å². The zero-order valence-electron chi connectivity index (χ0n) is 20.2. The molecule has 4 aromatic rings. The molecule has 0 unspecified atom stereocenters. The van der Waals surface area contributed by atoms with Crippen LogP contribution in [0.15, 0.2) is 48.8 Å². The molecule has 1 fully saturated rings. The molecule has 0 atom stereocenters. The molecule has 2 aliphatic rings. The number of rotatable bonds is 5. The summed E-state index contributed by atoms with van der Waals surface area (Å²) in [6, 6.07) is 12.6. The number of anilines is 5. The summed E-state index contributed by atoms with van der Waals surface area (Å²) in [6.07, 6.45) is 5.89. The third kappa shape index (κ3) is 4.19. The van der Waals surface area contributed by atoms with Crippen LogP contribution in [0, 0.1) is 0 Å². The summed E-state index contributed by atoms with van der Waals surface area (Å²) in [5.74, 6) is 1.32. The molecule has 2 N–H and O–H groups in total. The number of nitrogens with one attached hydrogen (secondary N) is 2. The smallest absolute Gasteiger partial charge is 0.231 e. The van der Waals surface area contributed by atoms with Crippen molar-refractivity contribution in [2.45, 2.75) is 25.3 Å². The molecular formula is C26H27ClN8O. The molecule has 2 aromatic carbocycles. The maximum atomic E-state index is 12.0. The predicted octanol–water partition coefficient (Wildman–Crippen LogP) is 4.36. The third-order valence-corrected chi connectivity index (χ3v) is 7.33. The minimum atomic E-state index is 0.0972. The largest absolute Gasteiger partial charge is 0.382 e. The molecule has 2 aliphatic heterocycles. The van der Waals surface area contributed by atoms with E-state index in [9.17, 15) is 4.79 Å². The lowest BCUT2D eigenvalue weighted by Crippen LogP contribution is -2.40. The molecule has 36 heavy (non-hydrogen) atoms. The van der Waals surface area contributed by atoms with Gasteiger partial charge in [-0.05, 0) is 54.8 Å². The monoisotopic (exact) mass is 502 g/mol. The number of piperidine rings is 1. The average molecular weight is 503 g/mol. The maximum Gasteiger partial charge on any atom is 0.231 e. The molecule has 0 bridgehead atoms. The van der Waals surface area contributed by atoms with Crippen LogP contribution in [-0.4, -0.2) is 51.8 Å². The number of halogens is 1. The molecule has 9 nitrogen and oxygen atoms in total. The van der Waals surface area contributed by atoms with Crippen molar-refractivity contribution < 1.29 is 4.79 Å². The third-order valence-electron chi connectivity index (χ3n) is 7.05. The first-order chi connectivity index (χ1) is 17.4. The fourth-order valence-corrected chi connectivity index (χ4v) is 5.11. The average Bonchev–Trinajstić information content (AvgIpc) is 3.39. The molecule has 0 aliphatic carbocycles. The Labute approximate surface area is 214 Å². The van der Waals surface area contributed by atoms with Crippen molar-refractivity contribution >= 4 is 57.2 Å². The van der Waals surface area contributed by atoms with Crippen LogP contribution in [0.2, 0.25) is 5.02 Å². The van der Waals surface area contributed by atoms with E-state index < -0.39 is 0 Å². The number of nitrogens with zero attached hydrogens (tertiary/aromatic N) is 6. The molecule has 4 heterocycles. The van der Waals surface area contributed by atoms with Gasteiger partial charge in [-0.15, -0.1) is 0 Å². The summed E-state index contributed by atoms with van der Waals surface area (Å²) in [6.45, 7) is 1.69. The lowest BCUT2D eigenvalue weighted by Gasteiger charge is -2.33. The number of aryl methyl sites for hydroxylation is 1. The second-order valence-corrected chi connectivity index (χ2v) is 9.82. The first-order valence-electron chi connectivity index (χ1n) is 12.1. The number of carbonyl (C=O) groups excluding carboxylic acids is 1. The van der Waals surface area contributed by atoms with E-state index in [4.69, 9.17) is 16.6 Å². The summed E-state index contributed by atoms with van der Waals surface area (Å²) in [5, 5.41) is 12.9. The number of benzene rings is 2. The number of likely N-dealkylation sites (N-methyl/N-ethyl adjacent to an activating group) is 1. The molecule has 10 heteroatoms. The molecule has 6 rings (SSSR count). The highest BCUT2D eigenvalue weighted by atomic mass is 35.5. The minimum absolute atomic E-state index is 0.0972. The highest BCUT2D eigenvalue weighted by Gasteiger charge is 2.25. The van der Waals surface area contributed by atoms with Crippen molar-refractivity contribution in [2.24, 2.45) is 7.05 Å². The SMILES string of the molecule is CN1C(=O)Cc2cc(Nc3nc(N4CCC(Nc5ccc6cnn(C)c6c5)CC4)ncc3Cl)ccc21. The van der Waals surface area contributed by atoms with Crippen LogP contribution < -0.4 is 20.4 Å². The number of hydrogen-bond acceptors (Lipinski definition) is 7. The van der Waals surface area contributed by atoms with Gasteiger partial charge in [0.1, 0.15) is 5.02 Å².